The molecule has 0 aromatic heterocycles. The van der Waals surface area contributed by atoms with Gasteiger partial charge in [0.2, 0.25) is 15.9 Å². The Bertz CT molecular complexity index is 734. The van der Waals surface area contributed by atoms with E-state index in [1.807, 2.05) is 0 Å². The molecule has 1 amide bonds. The van der Waals surface area contributed by atoms with Crippen molar-refractivity contribution < 1.29 is 17.9 Å². The first-order valence-electron chi connectivity index (χ1n) is 10.4. The van der Waals surface area contributed by atoms with Gasteiger partial charge in [0, 0.05) is 17.8 Å². The highest BCUT2D eigenvalue weighted by molar-refractivity contribution is 7.88. The van der Waals surface area contributed by atoms with Gasteiger partial charge in [0.05, 0.1) is 50.4 Å². The SMILES string of the molecule is [B]C1C([B])N(C(C)=O)C([B])(COC2CCC(C(C)C)CC2)C([B])(NS(C)(=O)=O)C1[B]. The van der Waals surface area contributed by atoms with E-state index in [0.29, 0.717) is 11.8 Å². The highest BCUT2D eigenvalue weighted by atomic mass is 32.2. The van der Waals surface area contributed by atoms with Crippen molar-refractivity contribution in [3.8, 4) is 0 Å². The van der Waals surface area contributed by atoms with Gasteiger partial charge < -0.3 is 9.64 Å². The van der Waals surface area contributed by atoms with E-state index < -0.39 is 44.4 Å². The van der Waals surface area contributed by atoms with Crippen LogP contribution in [-0.2, 0) is 19.6 Å². The molecule has 1 N–H and O–H groups in total. The number of hydrogen-bond donors (Lipinski definition) is 1. The van der Waals surface area contributed by atoms with Gasteiger partial charge in [-0.3, -0.25) is 4.79 Å². The fraction of sp³-hybridized carbons (Fsp3) is 0.944. The largest absolute Gasteiger partial charge is 0.377 e. The molecule has 1 saturated heterocycles. The maximum Gasteiger partial charge on any atom is 0.218 e. The van der Waals surface area contributed by atoms with Gasteiger partial charge in [-0.2, -0.15) is 0 Å². The highest BCUT2D eigenvalue weighted by Gasteiger charge is 2.59. The van der Waals surface area contributed by atoms with Crippen molar-refractivity contribution in [1.82, 2.24) is 9.62 Å². The second-order valence-electron chi connectivity index (χ2n) is 9.24. The Labute approximate surface area is 188 Å². The van der Waals surface area contributed by atoms with Crippen molar-refractivity contribution in [3.05, 3.63) is 0 Å². The van der Waals surface area contributed by atoms with Crippen LogP contribution in [0.5, 0.6) is 0 Å². The number of piperidine rings is 1. The van der Waals surface area contributed by atoms with Gasteiger partial charge in [0.15, 0.2) is 0 Å². The van der Waals surface area contributed by atoms with E-state index in [4.69, 9.17) is 44.0 Å². The molecule has 0 bridgehead atoms. The predicted octanol–water partition coefficient (Wildman–Crippen LogP) is -0.233. The molecule has 1 saturated carbocycles. The number of carbonyl (C=O) groups excluding carboxylic acids is 1. The van der Waals surface area contributed by atoms with E-state index in [1.54, 1.807) is 0 Å². The minimum atomic E-state index is -3.86. The third-order valence-corrected chi connectivity index (χ3v) is 7.38. The van der Waals surface area contributed by atoms with Crippen molar-refractivity contribution in [2.75, 3.05) is 12.9 Å². The third-order valence-electron chi connectivity index (χ3n) is 6.67. The molecule has 1 aliphatic carbocycles. The molecule has 0 aromatic rings. The number of rotatable bonds is 6. The van der Waals surface area contributed by atoms with Gasteiger partial charge in [0.1, 0.15) is 7.85 Å². The smallest absolute Gasteiger partial charge is 0.218 e. The summed E-state index contributed by atoms with van der Waals surface area (Å²) in [5.74, 6) is -2.49. The Kier molecular flexibility index (Phi) is 8.00. The number of likely N-dealkylation sites (tertiary alicyclic amines) is 1. The summed E-state index contributed by atoms with van der Waals surface area (Å²) >= 11 is 0. The Morgan fingerprint density at radius 3 is 2.13 bits per heavy atom. The second-order valence-corrected chi connectivity index (χ2v) is 11.0. The number of sulfonamides is 1. The zero-order chi connectivity index (χ0) is 23.1. The quantitative estimate of drug-likeness (QED) is 0.599. The van der Waals surface area contributed by atoms with Crippen LogP contribution in [0.3, 0.4) is 0 Å². The van der Waals surface area contributed by atoms with Gasteiger partial charge in [-0.25, -0.2) is 13.1 Å². The Balaban J connectivity index is 2.34. The number of nitrogens with zero attached hydrogens (tertiary/aromatic N) is 1. The van der Waals surface area contributed by atoms with Crippen LogP contribution in [0.15, 0.2) is 0 Å². The first kappa shape index (κ1) is 25.9. The van der Waals surface area contributed by atoms with Gasteiger partial charge in [-0.15, -0.1) is 0 Å². The molecule has 10 radical (unpaired) electrons. The molecule has 5 unspecified atom stereocenters. The molecule has 1 heterocycles. The zero-order valence-electron chi connectivity index (χ0n) is 18.4. The molecule has 30 heavy (non-hydrogen) atoms. The summed E-state index contributed by atoms with van der Waals surface area (Å²) in [6.07, 6.45) is 4.58. The fourth-order valence-corrected chi connectivity index (χ4v) is 5.68. The van der Waals surface area contributed by atoms with E-state index in [0.717, 1.165) is 36.8 Å². The lowest BCUT2D eigenvalue weighted by atomic mass is 9.36. The fourth-order valence-electron chi connectivity index (χ4n) is 4.75. The summed E-state index contributed by atoms with van der Waals surface area (Å²) in [4.78, 5) is 13.6. The summed E-state index contributed by atoms with van der Waals surface area (Å²) in [6, 6.07) is 0. The van der Waals surface area contributed by atoms with Gasteiger partial charge >= 0.3 is 0 Å². The lowest BCUT2D eigenvalue weighted by Gasteiger charge is -2.65. The van der Waals surface area contributed by atoms with Crippen molar-refractivity contribution in [1.29, 1.82) is 0 Å². The molecule has 12 heteroatoms. The summed E-state index contributed by atoms with van der Waals surface area (Å²) < 4.78 is 32.6. The van der Waals surface area contributed by atoms with Gasteiger partial charge in [0.25, 0.3) is 0 Å². The minimum absolute atomic E-state index is 0.0836. The second kappa shape index (κ2) is 9.26. The molecule has 2 rings (SSSR count). The molecule has 6 nitrogen and oxygen atoms in total. The van der Waals surface area contributed by atoms with E-state index in [1.165, 1.54) is 6.92 Å². The first-order chi connectivity index (χ1) is 13.6. The van der Waals surface area contributed by atoms with Crippen molar-refractivity contribution >= 4 is 55.2 Å². The Morgan fingerprint density at radius 2 is 1.70 bits per heavy atom. The number of hydrogen-bond acceptors (Lipinski definition) is 4. The van der Waals surface area contributed by atoms with Crippen molar-refractivity contribution in [2.45, 2.75) is 81.0 Å². The molecular formula is C18H29B5N2O4S. The molecule has 5 atom stereocenters. The lowest BCUT2D eigenvalue weighted by Crippen LogP contribution is -2.81. The monoisotopic (exact) mass is 424 g/mol. The van der Waals surface area contributed by atoms with E-state index in [-0.39, 0.29) is 12.7 Å². The molecule has 2 aliphatic rings. The van der Waals surface area contributed by atoms with E-state index in [2.05, 4.69) is 18.6 Å². The van der Waals surface area contributed by atoms with Crippen molar-refractivity contribution in [2.24, 2.45) is 11.8 Å². The Morgan fingerprint density at radius 1 is 1.17 bits per heavy atom. The van der Waals surface area contributed by atoms with E-state index >= 15 is 0 Å². The Hall–Kier alpha value is -0.335. The van der Waals surface area contributed by atoms with Crippen LogP contribution in [0.4, 0.5) is 0 Å². The van der Waals surface area contributed by atoms with Gasteiger partial charge in [-0.1, -0.05) is 25.5 Å². The van der Waals surface area contributed by atoms with E-state index in [9.17, 15) is 13.2 Å². The topological polar surface area (TPSA) is 75.7 Å². The van der Waals surface area contributed by atoms with Crippen LogP contribution in [-0.4, -0.2) is 94.2 Å². The molecule has 0 spiro atoms. The summed E-state index contributed by atoms with van der Waals surface area (Å²) in [5.41, 5.74) is -3.83. The zero-order valence-corrected chi connectivity index (χ0v) is 19.2. The maximum atomic E-state index is 12.5. The lowest BCUT2D eigenvalue weighted by molar-refractivity contribution is -0.142. The van der Waals surface area contributed by atoms with Crippen LogP contribution in [0.2, 0.25) is 11.6 Å². The third kappa shape index (κ3) is 5.01. The number of amides is 1. The number of nitrogens with one attached hydrogen (secondary N) is 1. The van der Waals surface area contributed by atoms with Crippen LogP contribution in [0.1, 0.15) is 46.5 Å². The molecule has 0 aromatic carbocycles. The van der Waals surface area contributed by atoms with Crippen LogP contribution in [0, 0.1) is 11.8 Å². The first-order valence-corrected chi connectivity index (χ1v) is 12.3. The normalized spacial score (nSPS) is 40.4. The highest BCUT2D eigenvalue weighted by Crippen LogP contribution is 2.47. The van der Waals surface area contributed by atoms with Crippen LogP contribution >= 0.6 is 0 Å². The summed E-state index contributed by atoms with van der Waals surface area (Å²) in [5, 5.41) is 0. The van der Waals surface area contributed by atoms with Crippen LogP contribution < -0.4 is 4.72 Å². The summed E-state index contributed by atoms with van der Waals surface area (Å²) in [7, 11) is 27.7. The summed E-state index contributed by atoms with van der Waals surface area (Å²) in [6.45, 7) is 5.44. The minimum Gasteiger partial charge on any atom is -0.377 e. The standard InChI is InChI=1S/C18H29B5N2O4S/c1-10(2)12-5-7-13(8-6-12)29-9-17(22)18(23,24-30(4,27)28)15(20)14(19)16(21)25(17)11(3)26/h10,12-16,24H,5-9H2,1-4H3. The molecule has 2 fully saturated rings. The predicted molar refractivity (Wildman–Crippen MR) is 123 cm³/mol. The molecular weight excluding hydrogens is 394 g/mol. The number of carbonyl (C=O) groups is 1. The average molecular weight is 424 g/mol. The molecule has 1 aliphatic heterocycles. The van der Waals surface area contributed by atoms with Crippen LogP contribution in [0.25, 0.3) is 0 Å². The van der Waals surface area contributed by atoms with Crippen molar-refractivity contribution in [3.63, 3.8) is 0 Å². The van der Waals surface area contributed by atoms with Gasteiger partial charge in [-0.05, 0) is 43.5 Å². The maximum absolute atomic E-state index is 12.5. The molecule has 156 valence electrons. The number of ether oxygens (including phenoxy) is 1. The average Bonchev–Trinajstić information content (AvgIpc) is 2.62.